The molecule has 142 valence electrons. The molecule has 0 fully saturated rings. The molecule has 1 heterocycles. The molecule has 0 aliphatic heterocycles. The average Bonchev–Trinajstić information content (AvgIpc) is 2.79. The third-order valence-electron chi connectivity index (χ3n) is 4.46. The summed E-state index contributed by atoms with van der Waals surface area (Å²) in [7, 11) is 1.64. The minimum Gasteiger partial charge on any atom is -0.497 e. The van der Waals surface area contributed by atoms with E-state index in [9.17, 15) is 4.79 Å². The van der Waals surface area contributed by atoms with Crippen LogP contribution in [-0.2, 0) is 0 Å². The van der Waals surface area contributed by atoms with Gasteiger partial charge in [-0.1, -0.05) is 60.7 Å². The zero-order valence-corrected chi connectivity index (χ0v) is 15.9. The first-order valence-corrected chi connectivity index (χ1v) is 9.18. The van der Waals surface area contributed by atoms with Crippen LogP contribution in [0.25, 0.3) is 28.4 Å². The Kier molecular flexibility index (Phi) is 5.29. The van der Waals surface area contributed by atoms with E-state index in [0.717, 1.165) is 16.9 Å². The van der Waals surface area contributed by atoms with Crippen molar-refractivity contribution < 1.29 is 4.74 Å². The molecule has 0 aliphatic rings. The van der Waals surface area contributed by atoms with Crippen LogP contribution in [0.1, 0.15) is 5.56 Å². The van der Waals surface area contributed by atoms with Crippen molar-refractivity contribution in [3.8, 4) is 17.1 Å². The van der Waals surface area contributed by atoms with Crippen molar-refractivity contribution in [1.29, 1.82) is 0 Å². The summed E-state index contributed by atoms with van der Waals surface area (Å²) in [6.07, 6.45) is 5.29. The second kappa shape index (κ2) is 8.35. The van der Waals surface area contributed by atoms with Gasteiger partial charge >= 0.3 is 0 Å². The molecule has 29 heavy (non-hydrogen) atoms. The summed E-state index contributed by atoms with van der Waals surface area (Å²) in [5.41, 5.74) is 2.27. The highest BCUT2D eigenvalue weighted by Gasteiger charge is 2.11. The fraction of sp³-hybridized carbons (Fsp3) is 0.0417. The maximum atomic E-state index is 13.0. The second-order valence-electron chi connectivity index (χ2n) is 6.33. The Hall–Kier alpha value is -3.99. The van der Waals surface area contributed by atoms with Crippen molar-refractivity contribution in [3.63, 3.8) is 0 Å². The van der Waals surface area contributed by atoms with Crippen LogP contribution in [0.15, 0.2) is 94.8 Å². The van der Waals surface area contributed by atoms with Crippen LogP contribution in [0.4, 0.5) is 0 Å². The molecule has 0 saturated carbocycles. The van der Waals surface area contributed by atoms with Gasteiger partial charge in [0.05, 0.1) is 18.0 Å². The van der Waals surface area contributed by atoms with Gasteiger partial charge in [-0.2, -0.15) is 9.78 Å². The number of rotatable bonds is 5. The van der Waals surface area contributed by atoms with Gasteiger partial charge in [0.15, 0.2) is 5.82 Å². The first-order valence-electron chi connectivity index (χ1n) is 9.18. The van der Waals surface area contributed by atoms with Crippen molar-refractivity contribution in [3.05, 3.63) is 101 Å². The van der Waals surface area contributed by atoms with Crippen LogP contribution in [-0.4, -0.2) is 23.0 Å². The van der Waals surface area contributed by atoms with E-state index in [4.69, 9.17) is 4.74 Å². The Morgan fingerprint density at radius 1 is 0.931 bits per heavy atom. The molecule has 0 bridgehead atoms. The van der Waals surface area contributed by atoms with Gasteiger partial charge in [0.25, 0.3) is 5.56 Å². The molecule has 0 radical (unpaired) electrons. The Balaban J connectivity index is 1.73. The van der Waals surface area contributed by atoms with Crippen LogP contribution >= 0.6 is 0 Å². The average molecular weight is 381 g/mol. The van der Waals surface area contributed by atoms with Gasteiger partial charge in [0.2, 0.25) is 0 Å². The number of methoxy groups -OCH3 is 1. The lowest BCUT2D eigenvalue weighted by molar-refractivity contribution is 0.415. The number of benzene rings is 3. The monoisotopic (exact) mass is 381 g/mol. The Morgan fingerprint density at radius 2 is 1.66 bits per heavy atom. The Morgan fingerprint density at radius 3 is 2.41 bits per heavy atom. The lowest BCUT2D eigenvalue weighted by Crippen LogP contribution is -2.20. The number of allylic oxidation sites excluding steroid dienone is 1. The molecular weight excluding hydrogens is 362 g/mol. The summed E-state index contributed by atoms with van der Waals surface area (Å²) >= 11 is 0. The molecule has 0 atom stereocenters. The van der Waals surface area contributed by atoms with Gasteiger partial charge in [-0.25, -0.2) is 4.98 Å². The molecule has 4 aromatic rings. The van der Waals surface area contributed by atoms with E-state index in [0.29, 0.717) is 16.7 Å². The summed E-state index contributed by atoms with van der Waals surface area (Å²) in [5, 5.41) is 4.92. The summed E-state index contributed by atoms with van der Waals surface area (Å²) in [5.74, 6) is 1.31. The molecule has 5 heteroatoms. The first kappa shape index (κ1) is 18.4. The largest absolute Gasteiger partial charge is 0.497 e. The van der Waals surface area contributed by atoms with Crippen molar-refractivity contribution in [1.82, 2.24) is 9.66 Å². The molecule has 0 saturated heterocycles. The van der Waals surface area contributed by atoms with Gasteiger partial charge in [0, 0.05) is 11.8 Å². The van der Waals surface area contributed by atoms with Crippen molar-refractivity contribution >= 4 is 23.2 Å². The number of para-hydroxylation sites is 1. The van der Waals surface area contributed by atoms with E-state index in [1.807, 2.05) is 78.9 Å². The smallest absolute Gasteiger partial charge is 0.282 e. The van der Waals surface area contributed by atoms with Gasteiger partial charge in [-0.3, -0.25) is 4.79 Å². The predicted molar refractivity (Wildman–Crippen MR) is 117 cm³/mol. The number of aromatic nitrogens is 2. The molecule has 3 aromatic carbocycles. The van der Waals surface area contributed by atoms with E-state index >= 15 is 0 Å². The molecule has 0 aliphatic carbocycles. The lowest BCUT2D eigenvalue weighted by atomic mass is 10.2. The number of ether oxygens (including phenoxy) is 1. The van der Waals surface area contributed by atoms with Crippen LogP contribution < -0.4 is 10.3 Å². The second-order valence-corrected chi connectivity index (χ2v) is 6.33. The molecular formula is C24H19N3O2. The van der Waals surface area contributed by atoms with Crippen molar-refractivity contribution in [2.75, 3.05) is 7.11 Å². The zero-order chi connectivity index (χ0) is 20.1. The van der Waals surface area contributed by atoms with Crippen molar-refractivity contribution in [2.45, 2.75) is 0 Å². The van der Waals surface area contributed by atoms with E-state index in [1.165, 1.54) is 4.68 Å². The summed E-state index contributed by atoms with van der Waals surface area (Å²) in [6, 6.07) is 24.5. The topological polar surface area (TPSA) is 56.5 Å². The maximum absolute atomic E-state index is 13.0. The fourth-order valence-electron chi connectivity index (χ4n) is 2.98. The highest BCUT2D eigenvalue weighted by atomic mass is 16.5. The Labute approximate surface area is 168 Å². The predicted octanol–water partition coefficient (Wildman–Crippen LogP) is 4.62. The normalized spacial score (nSPS) is 11.5. The third kappa shape index (κ3) is 3.99. The molecule has 5 nitrogen and oxygen atoms in total. The summed E-state index contributed by atoms with van der Waals surface area (Å²) < 4.78 is 6.50. The molecule has 0 N–H and O–H groups in total. The quantitative estimate of drug-likeness (QED) is 0.474. The summed E-state index contributed by atoms with van der Waals surface area (Å²) in [6.45, 7) is 0. The SMILES string of the molecule is COc1ccc(C=CC=Nn2c(-c3ccccc3)nc3ccccc3c2=O)cc1. The van der Waals surface area contributed by atoms with E-state index in [1.54, 1.807) is 25.5 Å². The minimum absolute atomic E-state index is 0.205. The van der Waals surface area contributed by atoms with Crippen LogP contribution in [0.5, 0.6) is 5.75 Å². The molecule has 0 amide bonds. The number of hydrogen-bond acceptors (Lipinski definition) is 4. The van der Waals surface area contributed by atoms with Crippen LogP contribution in [0.2, 0.25) is 0 Å². The number of fused-ring (bicyclic) bond motifs is 1. The highest BCUT2D eigenvalue weighted by molar-refractivity contribution is 5.81. The standard InChI is InChI=1S/C24H19N3O2/c1-29-20-15-13-18(14-16-20)8-7-17-25-27-23(19-9-3-2-4-10-19)26-22-12-6-5-11-21(22)24(27)28/h2-17H,1H3. The summed E-state index contributed by atoms with van der Waals surface area (Å²) in [4.78, 5) is 17.7. The maximum Gasteiger partial charge on any atom is 0.282 e. The molecule has 0 unspecified atom stereocenters. The number of nitrogens with zero attached hydrogens (tertiary/aromatic N) is 3. The number of hydrogen-bond donors (Lipinski definition) is 0. The molecule has 4 rings (SSSR count). The zero-order valence-electron chi connectivity index (χ0n) is 15.9. The first-order chi connectivity index (χ1) is 14.3. The fourth-order valence-corrected chi connectivity index (χ4v) is 2.98. The van der Waals surface area contributed by atoms with Gasteiger partial charge in [-0.15, -0.1) is 0 Å². The Bertz CT molecular complexity index is 1240. The van der Waals surface area contributed by atoms with E-state index < -0.39 is 0 Å². The van der Waals surface area contributed by atoms with Gasteiger partial charge in [0.1, 0.15) is 5.75 Å². The highest BCUT2D eigenvalue weighted by Crippen LogP contribution is 2.18. The van der Waals surface area contributed by atoms with Crippen LogP contribution in [0, 0.1) is 0 Å². The van der Waals surface area contributed by atoms with Gasteiger partial charge in [-0.05, 0) is 35.9 Å². The molecule has 0 spiro atoms. The van der Waals surface area contributed by atoms with Crippen molar-refractivity contribution in [2.24, 2.45) is 5.10 Å². The third-order valence-corrected chi connectivity index (χ3v) is 4.46. The van der Waals surface area contributed by atoms with E-state index in [-0.39, 0.29) is 5.56 Å². The van der Waals surface area contributed by atoms with Crippen LogP contribution in [0.3, 0.4) is 0 Å². The molecule has 1 aromatic heterocycles. The minimum atomic E-state index is -0.205. The van der Waals surface area contributed by atoms with Gasteiger partial charge < -0.3 is 4.74 Å². The van der Waals surface area contributed by atoms with E-state index in [2.05, 4.69) is 10.1 Å². The lowest BCUT2D eigenvalue weighted by Gasteiger charge is -2.08.